The van der Waals surface area contributed by atoms with Crippen molar-refractivity contribution in [1.29, 1.82) is 0 Å². The van der Waals surface area contributed by atoms with Crippen LogP contribution in [0.2, 0.25) is 0 Å². The predicted octanol–water partition coefficient (Wildman–Crippen LogP) is 0.624. The van der Waals surface area contributed by atoms with Gasteiger partial charge in [-0.05, 0) is 6.07 Å². The number of rotatable bonds is 2. The number of carbonyl (C=O) groups is 1. The van der Waals surface area contributed by atoms with Crippen molar-refractivity contribution in [3.05, 3.63) is 11.6 Å². The zero-order chi connectivity index (χ0) is 10.0. The fraction of sp³-hybridized carbons (Fsp3) is 0.125. The first kappa shape index (κ1) is 9.18. The van der Waals surface area contributed by atoms with Crippen molar-refractivity contribution in [3.8, 4) is 23.0 Å². The van der Waals surface area contributed by atoms with Crippen LogP contribution in [0.25, 0.3) is 0 Å². The van der Waals surface area contributed by atoms with Crippen LogP contribution >= 0.6 is 0 Å². The van der Waals surface area contributed by atoms with Crippen LogP contribution in [-0.4, -0.2) is 28.7 Å². The first-order valence-corrected chi connectivity index (χ1v) is 3.38. The lowest BCUT2D eigenvalue weighted by Gasteiger charge is -2.07. The Kier molecular flexibility index (Phi) is 2.27. The molecule has 0 amide bonds. The molecule has 3 N–H and O–H groups in total. The molecule has 5 heteroatoms. The van der Waals surface area contributed by atoms with Crippen LogP contribution in [0.4, 0.5) is 0 Å². The highest BCUT2D eigenvalue weighted by Crippen LogP contribution is 2.43. The summed E-state index contributed by atoms with van der Waals surface area (Å²) < 4.78 is 4.64. The molecular formula is C8H8O5. The second-order valence-corrected chi connectivity index (χ2v) is 2.33. The molecule has 0 unspecified atom stereocenters. The van der Waals surface area contributed by atoms with E-state index in [1.807, 2.05) is 0 Å². The molecule has 1 rings (SSSR count). The summed E-state index contributed by atoms with van der Waals surface area (Å²) in [6, 6.07) is 1.12. The standard InChI is InChI=1S/C8H8O5/c1-13-5-2-4(3-9)6(10)8(12)7(5)11/h2-3,10-12H,1H3. The van der Waals surface area contributed by atoms with Gasteiger partial charge in [-0.2, -0.15) is 0 Å². The van der Waals surface area contributed by atoms with Gasteiger partial charge in [-0.1, -0.05) is 0 Å². The summed E-state index contributed by atoms with van der Waals surface area (Å²) in [5.41, 5.74) is -0.146. The Labute approximate surface area is 73.8 Å². The second kappa shape index (κ2) is 3.22. The summed E-state index contributed by atoms with van der Waals surface area (Å²) in [7, 11) is 1.26. The van der Waals surface area contributed by atoms with E-state index in [-0.39, 0.29) is 11.3 Å². The molecule has 0 spiro atoms. The van der Waals surface area contributed by atoms with Crippen LogP contribution in [0.5, 0.6) is 23.0 Å². The van der Waals surface area contributed by atoms with Crippen LogP contribution < -0.4 is 4.74 Å². The smallest absolute Gasteiger partial charge is 0.205 e. The monoisotopic (exact) mass is 184 g/mol. The molecule has 0 fully saturated rings. The molecule has 1 aromatic rings. The van der Waals surface area contributed by atoms with E-state index in [1.165, 1.54) is 7.11 Å². The molecular weight excluding hydrogens is 176 g/mol. The molecule has 0 bridgehead atoms. The lowest BCUT2D eigenvalue weighted by Crippen LogP contribution is -1.88. The van der Waals surface area contributed by atoms with E-state index in [1.54, 1.807) is 0 Å². The SMILES string of the molecule is COc1cc(C=O)c(O)c(O)c1O. The van der Waals surface area contributed by atoms with Crippen LogP contribution in [-0.2, 0) is 0 Å². The first-order chi connectivity index (χ1) is 6.11. The van der Waals surface area contributed by atoms with E-state index < -0.39 is 17.2 Å². The molecule has 13 heavy (non-hydrogen) atoms. The first-order valence-electron chi connectivity index (χ1n) is 3.38. The number of carbonyl (C=O) groups excluding carboxylic acids is 1. The van der Waals surface area contributed by atoms with Gasteiger partial charge in [0.2, 0.25) is 11.5 Å². The average molecular weight is 184 g/mol. The molecule has 0 saturated heterocycles. The summed E-state index contributed by atoms with van der Waals surface area (Å²) in [5.74, 6) is -2.09. The number of methoxy groups -OCH3 is 1. The molecule has 5 nitrogen and oxygen atoms in total. The molecule has 0 saturated carbocycles. The fourth-order valence-corrected chi connectivity index (χ4v) is 0.889. The number of ether oxygens (including phenoxy) is 1. The third kappa shape index (κ3) is 1.35. The lowest BCUT2D eigenvalue weighted by atomic mass is 10.2. The summed E-state index contributed by atoms with van der Waals surface area (Å²) >= 11 is 0. The summed E-state index contributed by atoms with van der Waals surface area (Å²) in [4.78, 5) is 10.4. The maximum absolute atomic E-state index is 10.4. The predicted molar refractivity (Wildman–Crippen MR) is 43.4 cm³/mol. The van der Waals surface area contributed by atoms with Crippen molar-refractivity contribution in [1.82, 2.24) is 0 Å². The van der Waals surface area contributed by atoms with Gasteiger partial charge in [0.1, 0.15) is 0 Å². The van der Waals surface area contributed by atoms with Crippen molar-refractivity contribution in [2.24, 2.45) is 0 Å². The number of phenols is 3. The quantitative estimate of drug-likeness (QED) is 0.463. The third-order valence-corrected chi connectivity index (χ3v) is 1.59. The number of hydrogen-bond acceptors (Lipinski definition) is 5. The van der Waals surface area contributed by atoms with E-state index in [9.17, 15) is 4.79 Å². The minimum atomic E-state index is -0.763. The van der Waals surface area contributed by atoms with Crippen molar-refractivity contribution in [3.63, 3.8) is 0 Å². The van der Waals surface area contributed by atoms with Gasteiger partial charge < -0.3 is 20.1 Å². The molecule has 0 aliphatic heterocycles. The molecule has 0 atom stereocenters. The Bertz CT molecular complexity index is 345. The highest BCUT2D eigenvalue weighted by Gasteiger charge is 2.16. The van der Waals surface area contributed by atoms with Gasteiger partial charge in [-0.15, -0.1) is 0 Å². The summed E-state index contributed by atoms with van der Waals surface area (Å²) in [5, 5.41) is 27.3. The highest BCUT2D eigenvalue weighted by molar-refractivity contribution is 5.83. The van der Waals surface area contributed by atoms with Gasteiger partial charge in [-0.25, -0.2) is 0 Å². The van der Waals surface area contributed by atoms with Crippen LogP contribution in [0.3, 0.4) is 0 Å². The van der Waals surface area contributed by atoms with Gasteiger partial charge in [0.15, 0.2) is 17.8 Å². The van der Waals surface area contributed by atoms with E-state index in [0.29, 0.717) is 6.29 Å². The highest BCUT2D eigenvalue weighted by atomic mass is 16.5. The van der Waals surface area contributed by atoms with E-state index in [0.717, 1.165) is 6.07 Å². The van der Waals surface area contributed by atoms with Crippen molar-refractivity contribution in [2.45, 2.75) is 0 Å². The maximum atomic E-state index is 10.4. The zero-order valence-corrected chi connectivity index (χ0v) is 6.81. The largest absolute Gasteiger partial charge is 0.504 e. The Balaban J connectivity index is 3.45. The van der Waals surface area contributed by atoms with Gasteiger partial charge in [0.05, 0.1) is 12.7 Å². The molecule has 70 valence electrons. The van der Waals surface area contributed by atoms with Gasteiger partial charge in [0, 0.05) is 0 Å². The van der Waals surface area contributed by atoms with Crippen LogP contribution in [0.15, 0.2) is 6.07 Å². The van der Waals surface area contributed by atoms with Crippen molar-refractivity contribution < 1.29 is 24.9 Å². The third-order valence-electron chi connectivity index (χ3n) is 1.59. The summed E-state index contributed by atoms with van der Waals surface area (Å²) in [6.45, 7) is 0. The molecule has 0 aliphatic rings. The number of phenolic OH excluding ortho intramolecular Hbond substituents is 3. The molecule has 1 aromatic carbocycles. The van der Waals surface area contributed by atoms with Crippen molar-refractivity contribution in [2.75, 3.05) is 7.11 Å². The Morgan fingerprint density at radius 2 is 1.85 bits per heavy atom. The molecule has 0 heterocycles. The molecule has 0 aliphatic carbocycles. The van der Waals surface area contributed by atoms with Gasteiger partial charge in [-0.3, -0.25) is 4.79 Å². The number of aromatic hydroxyl groups is 3. The second-order valence-electron chi connectivity index (χ2n) is 2.33. The summed E-state index contributed by atoms with van der Waals surface area (Å²) in [6.07, 6.45) is 0.344. The fourth-order valence-electron chi connectivity index (χ4n) is 0.889. The van der Waals surface area contributed by atoms with Gasteiger partial charge in [0.25, 0.3) is 0 Å². The normalized spacial score (nSPS) is 9.62. The number of hydrogen-bond donors (Lipinski definition) is 3. The Morgan fingerprint density at radius 3 is 2.31 bits per heavy atom. The van der Waals surface area contributed by atoms with E-state index in [4.69, 9.17) is 15.3 Å². The number of aldehydes is 1. The Morgan fingerprint density at radius 1 is 1.23 bits per heavy atom. The topological polar surface area (TPSA) is 87.0 Å². The van der Waals surface area contributed by atoms with Crippen LogP contribution in [0.1, 0.15) is 10.4 Å². The zero-order valence-electron chi connectivity index (χ0n) is 6.81. The molecule has 0 aromatic heterocycles. The van der Waals surface area contributed by atoms with Gasteiger partial charge >= 0.3 is 0 Å². The lowest BCUT2D eigenvalue weighted by molar-refractivity contribution is 0.111. The van der Waals surface area contributed by atoms with Crippen LogP contribution in [0, 0.1) is 0 Å². The number of benzene rings is 1. The Hall–Kier alpha value is -1.91. The van der Waals surface area contributed by atoms with Crippen molar-refractivity contribution >= 4 is 6.29 Å². The molecule has 0 radical (unpaired) electrons. The maximum Gasteiger partial charge on any atom is 0.205 e. The van der Waals surface area contributed by atoms with E-state index in [2.05, 4.69) is 4.74 Å². The minimum absolute atomic E-state index is 0.0719. The van der Waals surface area contributed by atoms with E-state index >= 15 is 0 Å². The average Bonchev–Trinajstić information content (AvgIpc) is 2.15. The minimum Gasteiger partial charge on any atom is -0.504 e.